The Morgan fingerprint density at radius 2 is 1.75 bits per heavy atom. The van der Waals surface area contributed by atoms with Crippen LogP contribution in [0.1, 0.15) is 52.5 Å². The topological polar surface area (TPSA) is 64.6 Å². The molecule has 0 saturated heterocycles. The van der Waals surface area contributed by atoms with Crippen LogP contribution in [0.15, 0.2) is 24.3 Å². The summed E-state index contributed by atoms with van der Waals surface area (Å²) in [5.41, 5.74) is 1.12. The first-order chi connectivity index (χ1) is 11.0. The summed E-state index contributed by atoms with van der Waals surface area (Å²) in [6, 6.07) is 7.47. The summed E-state index contributed by atoms with van der Waals surface area (Å²) < 4.78 is 10.3. The van der Waals surface area contributed by atoms with Crippen molar-refractivity contribution in [2.24, 2.45) is 0 Å². The normalized spacial score (nSPS) is 15.7. The number of carbonyl (C=O) groups is 2. The van der Waals surface area contributed by atoms with Gasteiger partial charge < -0.3 is 14.8 Å². The second kappa shape index (κ2) is 8.83. The highest BCUT2D eigenvalue weighted by Crippen LogP contribution is 2.42. The van der Waals surface area contributed by atoms with Crippen LogP contribution in [-0.4, -0.2) is 31.7 Å². The molecule has 0 aliphatic heterocycles. The van der Waals surface area contributed by atoms with Gasteiger partial charge in [-0.3, -0.25) is 9.59 Å². The van der Waals surface area contributed by atoms with E-state index in [1.165, 1.54) is 7.11 Å². The van der Waals surface area contributed by atoms with E-state index in [0.717, 1.165) is 31.2 Å². The van der Waals surface area contributed by atoms with Gasteiger partial charge >= 0.3 is 5.97 Å². The zero-order valence-corrected chi connectivity index (χ0v) is 14.1. The van der Waals surface area contributed by atoms with Crippen molar-refractivity contribution in [3.05, 3.63) is 29.8 Å². The molecule has 0 unspecified atom stereocenters. The third-order valence-corrected chi connectivity index (χ3v) is 4.19. The predicted octanol–water partition coefficient (Wildman–Crippen LogP) is 3.67. The fraction of sp³-hybridized carbons (Fsp3) is 0.579. The average molecular weight is 335 g/mol. The minimum absolute atomic E-state index is 0. The second-order valence-corrected chi connectivity index (χ2v) is 6.30. The fourth-order valence-electron chi connectivity index (χ4n) is 3.12. The Morgan fingerprint density at radius 1 is 1.17 bits per heavy atom. The van der Waals surface area contributed by atoms with E-state index in [9.17, 15) is 9.59 Å². The molecule has 0 aromatic heterocycles. The third-order valence-electron chi connectivity index (χ3n) is 4.19. The van der Waals surface area contributed by atoms with Crippen LogP contribution in [0.4, 0.5) is 5.69 Å². The minimum atomic E-state index is -0.542. The van der Waals surface area contributed by atoms with Gasteiger partial charge in [0, 0.05) is 12.8 Å². The molecular formula is C19H29NO4. The van der Waals surface area contributed by atoms with E-state index >= 15 is 0 Å². The second-order valence-electron chi connectivity index (χ2n) is 6.30. The van der Waals surface area contributed by atoms with Crippen LogP contribution in [0.5, 0.6) is 0 Å². The number of methoxy groups -OCH3 is 1. The van der Waals surface area contributed by atoms with Crippen molar-refractivity contribution in [1.82, 2.24) is 0 Å². The molecule has 0 bridgehead atoms. The van der Waals surface area contributed by atoms with Gasteiger partial charge in [0.1, 0.15) is 6.61 Å². The number of ether oxygens (including phenoxy) is 2. The van der Waals surface area contributed by atoms with Gasteiger partial charge in [0.25, 0.3) is 0 Å². The molecule has 1 saturated carbocycles. The van der Waals surface area contributed by atoms with Gasteiger partial charge in [0.2, 0.25) is 5.91 Å². The van der Waals surface area contributed by atoms with E-state index in [0.29, 0.717) is 5.69 Å². The highest BCUT2D eigenvalue weighted by molar-refractivity contribution is 5.92. The van der Waals surface area contributed by atoms with Crippen LogP contribution in [0.2, 0.25) is 0 Å². The molecule has 2 rings (SSSR count). The molecule has 1 amide bonds. The van der Waals surface area contributed by atoms with Crippen molar-refractivity contribution in [2.45, 2.75) is 58.5 Å². The first kappa shape index (κ1) is 20.2. The van der Waals surface area contributed by atoms with E-state index in [-0.39, 0.29) is 32.0 Å². The number of hydrogen-bond donors (Lipinski definition) is 1. The van der Waals surface area contributed by atoms with Crippen LogP contribution >= 0.6 is 0 Å². The third kappa shape index (κ3) is 4.57. The van der Waals surface area contributed by atoms with Crippen LogP contribution in [0.25, 0.3) is 0 Å². The molecule has 0 spiro atoms. The molecular weight excluding hydrogens is 306 g/mol. The molecule has 1 N–H and O–H groups in total. The van der Waals surface area contributed by atoms with Crippen molar-refractivity contribution in [1.29, 1.82) is 0 Å². The lowest BCUT2D eigenvalue weighted by Gasteiger charge is -2.28. The first-order valence-corrected chi connectivity index (χ1v) is 8.08. The highest BCUT2D eigenvalue weighted by atomic mass is 16.5. The molecule has 5 nitrogen and oxygen atoms in total. The number of anilines is 1. The Bertz CT molecular complexity index is 545. The van der Waals surface area contributed by atoms with Crippen LogP contribution in [0.3, 0.4) is 0 Å². The lowest BCUT2D eigenvalue weighted by molar-refractivity contribution is -0.154. The SMILES string of the molecule is C.COCC(=O)Nc1ccc(C2(C(=O)OC(C)C)CCCC2)cc1. The number of benzene rings is 1. The van der Waals surface area contributed by atoms with Gasteiger partial charge in [-0.25, -0.2) is 0 Å². The number of carbonyl (C=O) groups excluding carboxylic acids is 2. The molecule has 1 fully saturated rings. The summed E-state index contributed by atoms with van der Waals surface area (Å²) in [5.74, 6) is -0.337. The molecule has 0 radical (unpaired) electrons. The summed E-state index contributed by atoms with van der Waals surface area (Å²) >= 11 is 0. The monoisotopic (exact) mass is 335 g/mol. The van der Waals surface area contributed by atoms with Crippen molar-refractivity contribution in [3.8, 4) is 0 Å². The largest absolute Gasteiger partial charge is 0.462 e. The highest BCUT2D eigenvalue weighted by Gasteiger charge is 2.44. The zero-order chi connectivity index (χ0) is 16.9. The fourth-order valence-corrected chi connectivity index (χ4v) is 3.12. The Labute approximate surface area is 144 Å². The maximum atomic E-state index is 12.6. The maximum absolute atomic E-state index is 12.6. The number of amides is 1. The van der Waals surface area contributed by atoms with Gasteiger partial charge in [-0.15, -0.1) is 0 Å². The quantitative estimate of drug-likeness (QED) is 0.806. The van der Waals surface area contributed by atoms with E-state index in [2.05, 4.69) is 5.32 Å². The average Bonchev–Trinajstić information content (AvgIpc) is 2.98. The van der Waals surface area contributed by atoms with E-state index in [4.69, 9.17) is 9.47 Å². The Morgan fingerprint density at radius 3 is 2.25 bits per heavy atom. The van der Waals surface area contributed by atoms with Gasteiger partial charge in [-0.2, -0.15) is 0 Å². The standard InChI is InChI=1S/C18H25NO4.CH4/c1-13(2)23-17(21)18(10-4-5-11-18)14-6-8-15(9-7-14)19-16(20)12-22-3;/h6-9,13H,4-5,10-12H2,1-3H3,(H,19,20);1H4. The molecule has 5 heteroatoms. The van der Waals surface area contributed by atoms with Crippen molar-refractivity contribution in [3.63, 3.8) is 0 Å². The van der Waals surface area contributed by atoms with Gasteiger partial charge in [-0.1, -0.05) is 32.4 Å². The van der Waals surface area contributed by atoms with Crippen LogP contribution in [-0.2, 0) is 24.5 Å². The first-order valence-electron chi connectivity index (χ1n) is 8.08. The van der Waals surface area contributed by atoms with Crippen LogP contribution in [0, 0.1) is 0 Å². The number of rotatable bonds is 6. The van der Waals surface area contributed by atoms with Gasteiger partial charge in [0.05, 0.1) is 11.5 Å². The summed E-state index contributed by atoms with van der Waals surface area (Å²) in [7, 11) is 1.48. The Hall–Kier alpha value is -1.88. The molecule has 134 valence electrons. The summed E-state index contributed by atoms with van der Waals surface area (Å²) in [6.45, 7) is 3.76. The number of hydrogen-bond acceptors (Lipinski definition) is 4. The minimum Gasteiger partial charge on any atom is -0.462 e. The Balaban J connectivity index is 0.00000288. The molecule has 24 heavy (non-hydrogen) atoms. The molecule has 1 aromatic rings. The van der Waals surface area contributed by atoms with Gasteiger partial charge in [0.15, 0.2) is 0 Å². The predicted molar refractivity (Wildman–Crippen MR) is 95.1 cm³/mol. The molecule has 1 aliphatic rings. The smallest absolute Gasteiger partial charge is 0.316 e. The molecule has 0 atom stereocenters. The van der Waals surface area contributed by atoms with Gasteiger partial charge in [-0.05, 0) is 44.4 Å². The van der Waals surface area contributed by atoms with Crippen molar-refractivity contribution >= 4 is 17.6 Å². The molecule has 0 heterocycles. The number of esters is 1. The lowest BCUT2D eigenvalue weighted by atomic mass is 9.79. The molecule has 1 aliphatic carbocycles. The van der Waals surface area contributed by atoms with E-state index in [1.807, 2.05) is 38.1 Å². The van der Waals surface area contributed by atoms with Crippen LogP contribution < -0.4 is 5.32 Å². The maximum Gasteiger partial charge on any atom is 0.316 e. The van der Waals surface area contributed by atoms with E-state index < -0.39 is 5.41 Å². The summed E-state index contributed by atoms with van der Waals surface area (Å²) in [5, 5.41) is 2.75. The zero-order valence-electron chi connectivity index (χ0n) is 14.1. The lowest BCUT2D eigenvalue weighted by Crippen LogP contribution is -2.36. The number of nitrogens with one attached hydrogen (secondary N) is 1. The van der Waals surface area contributed by atoms with Crippen molar-refractivity contribution < 1.29 is 19.1 Å². The van der Waals surface area contributed by atoms with E-state index in [1.54, 1.807) is 0 Å². The summed E-state index contributed by atoms with van der Waals surface area (Å²) in [4.78, 5) is 24.2. The summed E-state index contributed by atoms with van der Waals surface area (Å²) in [6.07, 6.45) is 3.56. The Kier molecular flexibility index (Phi) is 7.42. The van der Waals surface area contributed by atoms with Crippen molar-refractivity contribution in [2.75, 3.05) is 19.0 Å². The molecule has 1 aromatic carbocycles.